The highest BCUT2D eigenvalue weighted by atomic mass is 16.6. The number of methoxy groups -OCH3 is 3. The van der Waals surface area contributed by atoms with Gasteiger partial charge in [-0.15, -0.1) is 0 Å². The molecule has 2 amide bonds. The number of nitro benzene ring substituents is 1. The number of ether oxygens (including phenoxy) is 3. The van der Waals surface area contributed by atoms with Crippen molar-refractivity contribution in [3.8, 4) is 17.2 Å². The van der Waals surface area contributed by atoms with E-state index in [1.165, 1.54) is 12.1 Å². The van der Waals surface area contributed by atoms with Crippen LogP contribution < -0.4 is 24.8 Å². The van der Waals surface area contributed by atoms with Crippen LogP contribution in [0.15, 0.2) is 60.7 Å². The Labute approximate surface area is 252 Å². The zero-order valence-corrected chi connectivity index (χ0v) is 25.1. The summed E-state index contributed by atoms with van der Waals surface area (Å²) in [5.74, 6) is 2.08. The molecule has 0 fully saturated rings. The van der Waals surface area contributed by atoms with Crippen LogP contribution in [0.25, 0.3) is 0 Å². The van der Waals surface area contributed by atoms with Gasteiger partial charge in [-0.2, -0.15) is 0 Å². The molecule has 10 nitrogen and oxygen atoms in total. The zero-order valence-electron chi connectivity index (χ0n) is 25.1. The van der Waals surface area contributed by atoms with Crippen molar-refractivity contribution in [2.24, 2.45) is 0 Å². The summed E-state index contributed by atoms with van der Waals surface area (Å²) in [5, 5.41) is 16.6. The summed E-state index contributed by atoms with van der Waals surface area (Å²) < 4.78 is 16.6. The number of non-ortho nitro benzene ring substituents is 1. The summed E-state index contributed by atoms with van der Waals surface area (Å²) in [6.45, 7) is 0.943. The maximum atomic E-state index is 12.4. The molecule has 2 N–H and O–H groups in total. The second-order valence-corrected chi connectivity index (χ2v) is 10.1. The summed E-state index contributed by atoms with van der Waals surface area (Å²) in [6.07, 6.45) is 4.70. The van der Waals surface area contributed by atoms with Gasteiger partial charge in [-0.1, -0.05) is 30.3 Å². The van der Waals surface area contributed by atoms with Crippen molar-refractivity contribution in [1.29, 1.82) is 0 Å². The molecule has 230 valence electrons. The first kappa shape index (κ1) is 32.9. The Morgan fingerprint density at radius 3 is 2.02 bits per heavy atom. The minimum Gasteiger partial charge on any atom is -0.497 e. The molecule has 3 aromatic carbocycles. The SMILES string of the molecule is COc1cccc(CCc2c(CCNC(=O)CCCCC(=O)NCCc3ccc([N+](=O)[O-])cc3)ccc(OC)c2OC)c1. The van der Waals surface area contributed by atoms with E-state index in [0.717, 1.165) is 40.8 Å². The van der Waals surface area contributed by atoms with Crippen molar-refractivity contribution in [3.05, 3.63) is 93.0 Å². The van der Waals surface area contributed by atoms with Crippen LogP contribution in [0.2, 0.25) is 0 Å². The maximum absolute atomic E-state index is 12.4. The number of carbonyl (C=O) groups excluding carboxylic acids is 2. The normalized spacial score (nSPS) is 10.6. The predicted octanol–water partition coefficient (Wildman–Crippen LogP) is 4.98. The lowest BCUT2D eigenvalue weighted by atomic mass is 9.96. The van der Waals surface area contributed by atoms with E-state index >= 15 is 0 Å². The monoisotopic (exact) mass is 591 g/mol. The Bertz CT molecular complexity index is 1360. The number of hydrogen-bond donors (Lipinski definition) is 2. The molecule has 3 rings (SSSR count). The maximum Gasteiger partial charge on any atom is 0.269 e. The Morgan fingerprint density at radius 1 is 0.744 bits per heavy atom. The topological polar surface area (TPSA) is 129 Å². The van der Waals surface area contributed by atoms with Gasteiger partial charge in [0.1, 0.15) is 5.75 Å². The van der Waals surface area contributed by atoms with Gasteiger partial charge >= 0.3 is 0 Å². The molecule has 0 saturated carbocycles. The van der Waals surface area contributed by atoms with E-state index in [2.05, 4.69) is 16.7 Å². The molecule has 10 heteroatoms. The van der Waals surface area contributed by atoms with Crippen molar-refractivity contribution in [2.45, 2.75) is 51.4 Å². The van der Waals surface area contributed by atoms with Crippen molar-refractivity contribution in [3.63, 3.8) is 0 Å². The van der Waals surface area contributed by atoms with Gasteiger partial charge in [0, 0.05) is 43.6 Å². The van der Waals surface area contributed by atoms with Crippen LogP contribution >= 0.6 is 0 Å². The van der Waals surface area contributed by atoms with Gasteiger partial charge in [0.15, 0.2) is 11.5 Å². The molecule has 0 spiro atoms. The number of nitrogens with zero attached hydrogens (tertiary/aromatic N) is 1. The Morgan fingerprint density at radius 2 is 1.42 bits per heavy atom. The van der Waals surface area contributed by atoms with Crippen molar-refractivity contribution < 1.29 is 28.7 Å². The highest BCUT2D eigenvalue weighted by Crippen LogP contribution is 2.35. The second kappa shape index (κ2) is 17.4. The van der Waals surface area contributed by atoms with Gasteiger partial charge in [-0.25, -0.2) is 0 Å². The van der Waals surface area contributed by atoms with Gasteiger partial charge in [-0.05, 0) is 73.4 Å². The zero-order chi connectivity index (χ0) is 31.0. The number of nitrogens with one attached hydrogen (secondary N) is 2. The molecule has 0 saturated heterocycles. The number of aryl methyl sites for hydroxylation is 1. The fraction of sp³-hybridized carbons (Fsp3) is 0.394. The lowest BCUT2D eigenvalue weighted by molar-refractivity contribution is -0.384. The molecule has 0 radical (unpaired) electrons. The molecule has 0 aliphatic rings. The van der Waals surface area contributed by atoms with Crippen LogP contribution in [0.4, 0.5) is 5.69 Å². The number of rotatable bonds is 18. The number of amides is 2. The Kier molecular flexibility index (Phi) is 13.3. The van der Waals surface area contributed by atoms with Crippen LogP contribution in [-0.4, -0.2) is 51.2 Å². The summed E-state index contributed by atoms with van der Waals surface area (Å²) in [7, 11) is 4.91. The molecular formula is C33H41N3O7. The average molecular weight is 592 g/mol. The fourth-order valence-corrected chi connectivity index (χ4v) is 4.85. The van der Waals surface area contributed by atoms with E-state index in [1.54, 1.807) is 33.5 Å². The number of unbranched alkanes of at least 4 members (excludes halogenated alkanes) is 1. The van der Waals surface area contributed by atoms with E-state index in [1.807, 2.05) is 30.3 Å². The highest BCUT2D eigenvalue weighted by Gasteiger charge is 2.16. The third kappa shape index (κ3) is 10.6. The summed E-state index contributed by atoms with van der Waals surface area (Å²) in [4.78, 5) is 34.9. The molecule has 0 unspecified atom stereocenters. The number of nitro groups is 1. The molecule has 0 aromatic heterocycles. The van der Waals surface area contributed by atoms with Gasteiger partial charge < -0.3 is 24.8 Å². The van der Waals surface area contributed by atoms with E-state index in [-0.39, 0.29) is 17.5 Å². The molecule has 0 bridgehead atoms. The number of carbonyl (C=O) groups is 2. The molecule has 0 atom stereocenters. The lowest BCUT2D eigenvalue weighted by Gasteiger charge is -2.17. The minimum atomic E-state index is -0.438. The number of benzene rings is 3. The third-order valence-corrected chi connectivity index (χ3v) is 7.20. The van der Waals surface area contributed by atoms with Gasteiger partial charge in [0.05, 0.1) is 26.3 Å². The first-order valence-electron chi connectivity index (χ1n) is 14.5. The van der Waals surface area contributed by atoms with Crippen LogP contribution in [0.1, 0.15) is 47.9 Å². The van der Waals surface area contributed by atoms with Gasteiger partial charge in [0.2, 0.25) is 11.8 Å². The highest BCUT2D eigenvalue weighted by molar-refractivity contribution is 5.77. The second-order valence-electron chi connectivity index (χ2n) is 10.1. The molecule has 0 aliphatic carbocycles. The van der Waals surface area contributed by atoms with E-state index < -0.39 is 4.92 Å². The smallest absolute Gasteiger partial charge is 0.269 e. The predicted molar refractivity (Wildman–Crippen MR) is 165 cm³/mol. The van der Waals surface area contributed by atoms with Crippen LogP contribution in [-0.2, 0) is 35.3 Å². The van der Waals surface area contributed by atoms with Crippen molar-refractivity contribution in [1.82, 2.24) is 10.6 Å². The van der Waals surface area contributed by atoms with E-state index in [9.17, 15) is 19.7 Å². The van der Waals surface area contributed by atoms with E-state index in [4.69, 9.17) is 14.2 Å². The first-order chi connectivity index (χ1) is 20.8. The standard InChI is InChI=1S/C33H41N3O7/c1-41-28-8-6-7-25(23-28)13-17-29-26(14-18-30(42-2)33(29)43-3)20-22-35-32(38)10-5-4-9-31(37)34-21-19-24-11-15-27(16-12-24)36(39)40/h6-8,11-12,14-16,18,23H,4-5,9-10,13,17,19-22H2,1-3H3,(H,34,37)(H,35,38). The summed E-state index contributed by atoms with van der Waals surface area (Å²) >= 11 is 0. The number of hydrogen-bond acceptors (Lipinski definition) is 7. The van der Waals surface area contributed by atoms with Crippen LogP contribution in [0.3, 0.4) is 0 Å². The van der Waals surface area contributed by atoms with Crippen LogP contribution in [0, 0.1) is 10.1 Å². The van der Waals surface area contributed by atoms with Crippen molar-refractivity contribution >= 4 is 17.5 Å². The molecular weight excluding hydrogens is 550 g/mol. The Balaban J connectivity index is 1.39. The average Bonchev–Trinajstić information content (AvgIpc) is 3.02. The van der Waals surface area contributed by atoms with E-state index in [0.29, 0.717) is 63.1 Å². The molecule has 43 heavy (non-hydrogen) atoms. The van der Waals surface area contributed by atoms with Gasteiger partial charge in [0.25, 0.3) is 5.69 Å². The molecule has 0 heterocycles. The molecule has 3 aromatic rings. The first-order valence-corrected chi connectivity index (χ1v) is 14.5. The largest absolute Gasteiger partial charge is 0.497 e. The van der Waals surface area contributed by atoms with Crippen LogP contribution in [0.5, 0.6) is 17.2 Å². The summed E-state index contributed by atoms with van der Waals surface area (Å²) in [6, 6.07) is 18.2. The summed E-state index contributed by atoms with van der Waals surface area (Å²) in [5.41, 5.74) is 4.26. The minimum absolute atomic E-state index is 0.0445. The Hall–Kier alpha value is -4.60. The molecule has 0 aliphatic heterocycles. The van der Waals surface area contributed by atoms with Crippen molar-refractivity contribution in [2.75, 3.05) is 34.4 Å². The third-order valence-electron chi connectivity index (χ3n) is 7.20. The lowest BCUT2D eigenvalue weighted by Crippen LogP contribution is -2.26. The fourth-order valence-electron chi connectivity index (χ4n) is 4.85. The quantitative estimate of drug-likeness (QED) is 0.121. The van der Waals surface area contributed by atoms with Gasteiger partial charge in [-0.3, -0.25) is 19.7 Å².